The van der Waals surface area contributed by atoms with Crippen molar-refractivity contribution in [2.75, 3.05) is 31.6 Å². The predicted octanol–water partition coefficient (Wildman–Crippen LogP) is 2.76. The first-order valence-corrected chi connectivity index (χ1v) is 7.86. The minimum absolute atomic E-state index is 0.0287. The van der Waals surface area contributed by atoms with Gasteiger partial charge in [0.15, 0.2) is 0 Å². The van der Waals surface area contributed by atoms with Gasteiger partial charge in [-0.15, -0.1) is 0 Å². The van der Waals surface area contributed by atoms with Crippen molar-refractivity contribution < 1.29 is 9.53 Å². The first-order valence-electron chi connectivity index (χ1n) is 7.86. The molecule has 0 aromatic heterocycles. The lowest BCUT2D eigenvalue weighted by molar-refractivity contribution is -0.122. The van der Waals surface area contributed by atoms with Crippen LogP contribution < -0.4 is 10.6 Å². The standard InChI is InChI=1S/C17H26N2O2/c1-13(2)12-21-11-5-9-19-17(20)15-8-10-18-16-7-4-3-6-14(15)16/h3-4,6-7,13,15,18H,5,8-12H2,1-2H3,(H,19,20). The van der Waals surface area contributed by atoms with Gasteiger partial charge in [-0.3, -0.25) is 4.79 Å². The Bertz CT molecular complexity index is 460. The van der Waals surface area contributed by atoms with Crippen LogP contribution >= 0.6 is 0 Å². The van der Waals surface area contributed by atoms with Crippen LogP contribution in [0.1, 0.15) is 38.2 Å². The van der Waals surface area contributed by atoms with Crippen LogP contribution in [-0.2, 0) is 9.53 Å². The molecular formula is C17H26N2O2. The number of rotatable bonds is 7. The van der Waals surface area contributed by atoms with E-state index in [1.807, 2.05) is 24.3 Å². The minimum atomic E-state index is -0.0287. The van der Waals surface area contributed by atoms with Crippen molar-refractivity contribution in [2.45, 2.75) is 32.6 Å². The molecule has 1 aliphatic rings. The maximum atomic E-state index is 12.3. The topological polar surface area (TPSA) is 50.4 Å². The largest absolute Gasteiger partial charge is 0.385 e. The third-order valence-electron chi connectivity index (χ3n) is 3.62. The molecule has 21 heavy (non-hydrogen) atoms. The number of carbonyl (C=O) groups excluding carboxylic acids is 1. The van der Waals surface area contributed by atoms with Crippen LogP contribution in [0.25, 0.3) is 0 Å². The number of anilines is 1. The van der Waals surface area contributed by atoms with Gasteiger partial charge in [-0.25, -0.2) is 0 Å². The molecule has 1 amide bonds. The summed E-state index contributed by atoms with van der Waals surface area (Å²) in [5.74, 6) is 0.665. The van der Waals surface area contributed by atoms with E-state index in [4.69, 9.17) is 4.74 Å². The molecule has 2 N–H and O–H groups in total. The molecule has 1 aliphatic heterocycles. The van der Waals surface area contributed by atoms with E-state index in [0.717, 1.165) is 37.2 Å². The second-order valence-corrected chi connectivity index (χ2v) is 5.97. The zero-order chi connectivity index (χ0) is 15.1. The molecule has 1 aromatic rings. The summed E-state index contributed by atoms with van der Waals surface area (Å²) in [6, 6.07) is 8.07. The van der Waals surface area contributed by atoms with E-state index < -0.39 is 0 Å². The number of nitrogens with one attached hydrogen (secondary N) is 2. The maximum absolute atomic E-state index is 12.3. The van der Waals surface area contributed by atoms with Gasteiger partial charge in [-0.05, 0) is 30.4 Å². The van der Waals surface area contributed by atoms with Gasteiger partial charge in [0.05, 0.1) is 5.92 Å². The van der Waals surface area contributed by atoms with Gasteiger partial charge in [-0.1, -0.05) is 32.0 Å². The lowest BCUT2D eigenvalue weighted by Crippen LogP contribution is -2.33. The number of hydrogen-bond acceptors (Lipinski definition) is 3. The van der Waals surface area contributed by atoms with Gasteiger partial charge in [0, 0.05) is 32.0 Å². The molecule has 0 saturated carbocycles. The van der Waals surface area contributed by atoms with E-state index in [2.05, 4.69) is 24.5 Å². The Morgan fingerprint density at radius 1 is 1.43 bits per heavy atom. The molecule has 116 valence electrons. The maximum Gasteiger partial charge on any atom is 0.227 e. The van der Waals surface area contributed by atoms with Crippen LogP contribution in [-0.4, -0.2) is 32.2 Å². The SMILES string of the molecule is CC(C)COCCCNC(=O)C1CCNc2ccccc21. The molecule has 0 bridgehead atoms. The van der Waals surface area contributed by atoms with Crippen LogP contribution in [0.2, 0.25) is 0 Å². The highest BCUT2D eigenvalue weighted by Gasteiger charge is 2.25. The zero-order valence-electron chi connectivity index (χ0n) is 13.0. The molecule has 0 aliphatic carbocycles. The summed E-state index contributed by atoms with van der Waals surface area (Å²) in [6.45, 7) is 7.30. The first kappa shape index (κ1) is 15.8. The normalized spacial score (nSPS) is 17.2. The molecule has 1 heterocycles. The zero-order valence-corrected chi connectivity index (χ0v) is 13.0. The number of hydrogen-bond donors (Lipinski definition) is 2. The van der Waals surface area contributed by atoms with Crippen LogP contribution in [0.3, 0.4) is 0 Å². The van der Waals surface area contributed by atoms with Gasteiger partial charge < -0.3 is 15.4 Å². The molecule has 4 heteroatoms. The van der Waals surface area contributed by atoms with Crippen molar-refractivity contribution >= 4 is 11.6 Å². The highest BCUT2D eigenvalue weighted by atomic mass is 16.5. The fourth-order valence-corrected chi connectivity index (χ4v) is 2.57. The van der Waals surface area contributed by atoms with Crippen molar-refractivity contribution in [3.63, 3.8) is 0 Å². The molecule has 1 atom stereocenters. The molecule has 1 unspecified atom stereocenters. The Morgan fingerprint density at radius 3 is 3.05 bits per heavy atom. The molecule has 0 spiro atoms. The second kappa shape index (κ2) is 8.03. The molecular weight excluding hydrogens is 264 g/mol. The van der Waals surface area contributed by atoms with Crippen molar-refractivity contribution in [1.29, 1.82) is 0 Å². The predicted molar refractivity (Wildman–Crippen MR) is 85.6 cm³/mol. The summed E-state index contributed by atoms with van der Waals surface area (Å²) in [4.78, 5) is 12.3. The van der Waals surface area contributed by atoms with Gasteiger partial charge >= 0.3 is 0 Å². The van der Waals surface area contributed by atoms with Gasteiger partial charge in [0.2, 0.25) is 5.91 Å². The number of carbonyl (C=O) groups is 1. The van der Waals surface area contributed by atoms with Gasteiger partial charge in [0.1, 0.15) is 0 Å². The van der Waals surface area contributed by atoms with Gasteiger partial charge in [0.25, 0.3) is 0 Å². The molecule has 1 aromatic carbocycles. The monoisotopic (exact) mass is 290 g/mol. The van der Waals surface area contributed by atoms with Crippen molar-refractivity contribution in [2.24, 2.45) is 5.92 Å². The summed E-state index contributed by atoms with van der Waals surface area (Å²) in [5, 5.41) is 6.38. The number of benzene rings is 1. The first-order chi connectivity index (χ1) is 10.2. The van der Waals surface area contributed by atoms with E-state index in [9.17, 15) is 4.79 Å². The fourth-order valence-electron chi connectivity index (χ4n) is 2.57. The van der Waals surface area contributed by atoms with Gasteiger partial charge in [-0.2, -0.15) is 0 Å². The fraction of sp³-hybridized carbons (Fsp3) is 0.588. The molecule has 0 saturated heterocycles. The highest BCUT2D eigenvalue weighted by molar-refractivity contribution is 5.86. The smallest absolute Gasteiger partial charge is 0.227 e. The third-order valence-corrected chi connectivity index (χ3v) is 3.62. The average Bonchev–Trinajstić information content (AvgIpc) is 2.49. The Labute approximate surface area is 127 Å². The third kappa shape index (κ3) is 4.74. The summed E-state index contributed by atoms with van der Waals surface area (Å²) in [5.41, 5.74) is 2.20. The van der Waals surface area contributed by atoms with Crippen LogP contribution in [0.15, 0.2) is 24.3 Å². The second-order valence-electron chi connectivity index (χ2n) is 5.97. The molecule has 0 fully saturated rings. The van der Waals surface area contributed by atoms with Crippen molar-refractivity contribution in [3.05, 3.63) is 29.8 Å². The lowest BCUT2D eigenvalue weighted by atomic mass is 9.90. The van der Waals surface area contributed by atoms with E-state index >= 15 is 0 Å². The summed E-state index contributed by atoms with van der Waals surface area (Å²) in [7, 11) is 0. The Balaban J connectivity index is 1.74. The van der Waals surface area contributed by atoms with Crippen LogP contribution in [0.5, 0.6) is 0 Å². The van der Waals surface area contributed by atoms with Crippen LogP contribution in [0.4, 0.5) is 5.69 Å². The summed E-state index contributed by atoms with van der Waals surface area (Å²) in [6.07, 6.45) is 1.72. The van der Waals surface area contributed by atoms with E-state index in [-0.39, 0.29) is 11.8 Å². The van der Waals surface area contributed by atoms with Crippen molar-refractivity contribution in [1.82, 2.24) is 5.32 Å². The molecule has 0 radical (unpaired) electrons. The number of amides is 1. The average molecular weight is 290 g/mol. The quantitative estimate of drug-likeness (QED) is 0.759. The van der Waals surface area contributed by atoms with Crippen molar-refractivity contribution in [3.8, 4) is 0 Å². The Morgan fingerprint density at radius 2 is 2.24 bits per heavy atom. The Kier molecular flexibility index (Phi) is 6.05. The summed E-state index contributed by atoms with van der Waals surface area (Å²) >= 11 is 0. The number of ether oxygens (including phenoxy) is 1. The Hall–Kier alpha value is -1.55. The minimum Gasteiger partial charge on any atom is -0.385 e. The lowest BCUT2D eigenvalue weighted by Gasteiger charge is -2.25. The van der Waals surface area contributed by atoms with Crippen LogP contribution in [0, 0.1) is 5.92 Å². The van der Waals surface area contributed by atoms with E-state index in [1.165, 1.54) is 0 Å². The van der Waals surface area contributed by atoms with E-state index in [0.29, 0.717) is 19.1 Å². The van der Waals surface area contributed by atoms with E-state index in [1.54, 1.807) is 0 Å². The summed E-state index contributed by atoms with van der Waals surface area (Å²) < 4.78 is 5.52. The number of fused-ring (bicyclic) bond motifs is 1. The highest BCUT2D eigenvalue weighted by Crippen LogP contribution is 2.31. The molecule has 2 rings (SSSR count). The molecule has 4 nitrogen and oxygen atoms in total. The number of para-hydroxylation sites is 1.